The fourth-order valence-electron chi connectivity index (χ4n) is 9.40. The number of rotatable bonds is 5. The van der Waals surface area contributed by atoms with Crippen LogP contribution in [0.5, 0.6) is 0 Å². The smallest absolute Gasteiger partial charge is 0.338 e. The van der Waals surface area contributed by atoms with Crippen LogP contribution in [0.3, 0.4) is 0 Å². The van der Waals surface area contributed by atoms with Gasteiger partial charge in [-0.2, -0.15) is 8.78 Å². The normalized spacial score (nSPS) is 38.9. The maximum absolute atomic E-state index is 15.6. The average molecular weight is 627 g/mol. The lowest BCUT2D eigenvalue weighted by Crippen LogP contribution is -2.66. The number of ether oxygens (including phenoxy) is 2. The van der Waals surface area contributed by atoms with Gasteiger partial charge < -0.3 is 19.7 Å². The summed E-state index contributed by atoms with van der Waals surface area (Å²) < 4.78 is 72.9. The third kappa shape index (κ3) is 4.76. The van der Waals surface area contributed by atoms with E-state index in [9.17, 15) is 19.0 Å². The van der Waals surface area contributed by atoms with Crippen molar-refractivity contribution in [2.75, 3.05) is 19.0 Å². The van der Waals surface area contributed by atoms with Crippen LogP contribution in [0.2, 0.25) is 0 Å². The first-order chi connectivity index (χ1) is 19.9. The molecule has 1 heterocycles. The first kappa shape index (κ1) is 31.8. The van der Waals surface area contributed by atoms with Gasteiger partial charge in [-0.3, -0.25) is 0 Å². The Morgan fingerprint density at radius 1 is 0.953 bits per heavy atom. The lowest BCUT2D eigenvalue weighted by atomic mass is 9.49. The van der Waals surface area contributed by atoms with Crippen LogP contribution < -0.4 is 0 Å². The highest BCUT2D eigenvalue weighted by Gasteiger charge is 2.77. The summed E-state index contributed by atoms with van der Waals surface area (Å²) in [5.74, 6) is -9.89. The van der Waals surface area contributed by atoms with Crippen molar-refractivity contribution < 1.29 is 37.2 Å². The van der Waals surface area contributed by atoms with E-state index in [1.807, 2.05) is 24.3 Å². The number of alkyl halides is 4. The van der Waals surface area contributed by atoms with Crippen LogP contribution >= 0.6 is 11.8 Å². The first-order valence-corrected chi connectivity index (χ1v) is 16.8. The quantitative estimate of drug-likeness (QED) is 0.197. The first-order valence-electron chi connectivity index (χ1n) is 15.9. The molecule has 3 saturated carbocycles. The van der Waals surface area contributed by atoms with Gasteiger partial charge >= 0.3 is 11.8 Å². The predicted octanol–water partition coefficient (Wildman–Crippen LogP) is 8.11. The number of thioether (sulfide) groups is 1. The van der Waals surface area contributed by atoms with Crippen LogP contribution in [-0.2, 0) is 9.47 Å². The monoisotopic (exact) mass is 626 g/mol. The van der Waals surface area contributed by atoms with E-state index < -0.39 is 40.2 Å². The standard InChI is InChI=1S/C34H46F4O4S/c1-6-43-22-9-7-21(8-10-22)24-17-29(4)25(13-16-33(29,40)34(37,38)30(5,35)36)23-11-14-31(39)18-32(15-12-26(31)27(23)24)41-19-28(2,3)20-42-32/h7-10,23-25,39-40H,6,11-20H2,1-5H3. The molecule has 6 unspecified atom stereocenters. The van der Waals surface area contributed by atoms with Crippen LogP contribution in [0.4, 0.5) is 17.6 Å². The SMILES string of the molecule is CCSc1ccc(C2CC3(C)C(CCC3(O)C(F)(F)C(C)(F)F)C3CCC4(O)CC5(CCC4=C23)OCC(C)(C)CO5)cc1. The molecule has 4 nitrogen and oxygen atoms in total. The van der Waals surface area contributed by atoms with Crippen molar-refractivity contribution >= 4 is 11.8 Å². The molecule has 1 saturated heterocycles. The molecule has 0 amide bonds. The average Bonchev–Trinajstić information content (AvgIpc) is 3.21. The minimum Gasteiger partial charge on any atom is -0.385 e. The highest BCUT2D eigenvalue weighted by Crippen LogP contribution is 2.71. The van der Waals surface area contributed by atoms with E-state index in [4.69, 9.17) is 9.47 Å². The Kier molecular flexibility index (Phi) is 7.54. The highest BCUT2D eigenvalue weighted by atomic mass is 32.2. The minimum atomic E-state index is -4.59. The van der Waals surface area contributed by atoms with Crippen LogP contribution in [0.25, 0.3) is 0 Å². The van der Waals surface area contributed by atoms with Gasteiger partial charge in [0.2, 0.25) is 0 Å². The zero-order valence-corrected chi connectivity index (χ0v) is 26.8. The Labute approximate surface area is 257 Å². The molecule has 9 heteroatoms. The molecule has 1 aromatic rings. The molecule has 43 heavy (non-hydrogen) atoms. The summed E-state index contributed by atoms with van der Waals surface area (Å²) in [6.07, 6.45) is 2.36. The fraction of sp³-hybridized carbons (Fsp3) is 0.765. The molecule has 240 valence electrons. The third-order valence-corrected chi connectivity index (χ3v) is 12.6. The van der Waals surface area contributed by atoms with Crippen molar-refractivity contribution in [3.05, 3.63) is 41.0 Å². The summed E-state index contributed by atoms with van der Waals surface area (Å²) in [6.45, 7) is 9.16. The summed E-state index contributed by atoms with van der Waals surface area (Å²) >= 11 is 1.70. The van der Waals surface area contributed by atoms with Gasteiger partial charge in [0, 0.05) is 41.4 Å². The maximum atomic E-state index is 15.6. The second-order valence-electron chi connectivity index (χ2n) is 15.1. The predicted molar refractivity (Wildman–Crippen MR) is 159 cm³/mol. The molecule has 1 aromatic carbocycles. The zero-order chi connectivity index (χ0) is 31.3. The largest absolute Gasteiger partial charge is 0.385 e. The molecule has 6 rings (SSSR count). The summed E-state index contributed by atoms with van der Waals surface area (Å²) in [7, 11) is 0. The van der Waals surface area contributed by atoms with E-state index in [-0.39, 0.29) is 43.4 Å². The zero-order valence-electron chi connectivity index (χ0n) is 26.0. The molecular formula is C34H46F4O4S. The van der Waals surface area contributed by atoms with Gasteiger partial charge in [0.05, 0.1) is 18.8 Å². The maximum Gasteiger partial charge on any atom is 0.338 e. The van der Waals surface area contributed by atoms with Gasteiger partial charge in [-0.25, -0.2) is 8.78 Å². The van der Waals surface area contributed by atoms with Crippen molar-refractivity contribution in [3.63, 3.8) is 0 Å². The van der Waals surface area contributed by atoms with Gasteiger partial charge in [-0.1, -0.05) is 45.4 Å². The van der Waals surface area contributed by atoms with E-state index in [1.54, 1.807) is 18.7 Å². The van der Waals surface area contributed by atoms with Crippen molar-refractivity contribution in [1.29, 1.82) is 0 Å². The summed E-state index contributed by atoms with van der Waals surface area (Å²) in [6, 6.07) is 8.05. The molecule has 5 aliphatic rings. The number of allylic oxidation sites excluding steroid dienone is 1. The van der Waals surface area contributed by atoms with E-state index in [0.717, 1.165) is 27.4 Å². The molecule has 1 aliphatic heterocycles. The van der Waals surface area contributed by atoms with E-state index in [2.05, 4.69) is 20.8 Å². The van der Waals surface area contributed by atoms with Crippen LogP contribution in [-0.4, -0.2) is 58.0 Å². The Bertz CT molecular complexity index is 1270. The van der Waals surface area contributed by atoms with Gasteiger partial charge in [0.15, 0.2) is 5.79 Å². The fourth-order valence-corrected chi connectivity index (χ4v) is 10.1. The number of hydrogen-bond donors (Lipinski definition) is 2. The minimum absolute atomic E-state index is 0.109. The van der Waals surface area contributed by atoms with Crippen molar-refractivity contribution in [3.8, 4) is 0 Å². The van der Waals surface area contributed by atoms with Crippen LogP contribution in [0, 0.1) is 22.7 Å². The molecule has 0 aromatic heterocycles. The summed E-state index contributed by atoms with van der Waals surface area (Å²) in [5.41, 5.74) is -2.66. The lowest BCUT2D eigenvalue weighted by Gasteiger charge is -2.59. The van der Waals surface area contributed by atoms with Gasteiger partial charge in [0.1, 0.15) is 5.60 Å². The molecule has 0 bridgehead atoms. The Balaban J connectivity index is 1.45. The molecular weight excluding hydrogens is 580 g/mol. The molecule has 6 atom stereocenters. The topological polar surface area (TPSA) is 58.9 Å². The Morgan fingerprint density at radius 3 is 2.21 bits per heavy atom. The number of fused-ring (bicyclic) bond motifs is 4. The van der Waals surface area contributed by atoms with Gasteiger partial charge in [0.25, 0.3) is 0 Å². The van der Waals surface area contributed by atoms with Gasteiger partial charge in [-0.05, 0) is 79.4 Å². The molecule has 4 aliphatic carbocycles. The van der Waals surface area contributed by atoms with Gasteiger partial charge in [-0.15, -0.1) is 11.8 Å². The van der Waals surface area contributed by atoms with E-state index >= 15 is 8.78 Å². The second-order valence-corrected chi connectivity index (χ2v) is 16.4. The Morgan fingerprint density at radius 2 is 1.60 bits per heavy atom. The van der Waals surface area contributed by atoms with Crippen molar-refractivity contribution in [2.45, 2.75) is 126 Å². The number of hydrogen-bond acceptors (Lipinski definition) is 5. The third-order valence-electron chi connectivity index (χ3n) is 11.7. The summed E-state index contributed by atoms with van der Waals surface area (Å²) in [4.78, 5) is 1.09. The van der Waals surface area contributed by atoms with E-state index in [0.29, 0.717) is 45.3 Å². The second kappa shape index (κ2) is 10.2. The molecule has 0 radical (unpaired) electrons. The number of aliphatic hydroxyl groups is 2. The van der Waals surface area contributed by atoms with Crippen molar-refractivity contribution in [1.82, 2.24) is 0 Å². The van der Waals surface area contributed by atoms with E-state index in [1.165, 1.54) is 0 Å². The number of halogens is 4. The van der Waals surface area contributed by atoms with Crippen LogP contribution in [0.1, 0.15) is 97.5 Å². The van der Waals surface area contributed by atoms with Crippen molar-refractivity contribution in [2.24, 2.45) is 22.7 Å². The van der Waals surface area contributed by atoms with Crippen LogP contribution in [0.15, 0.2) is 40.3 Å². The number of benzene rings is 1. The molecule has 1 spiro atoms. The Hall–Kier alpha value is -1.13. The molecule has 4 fully saturated rings. The summed E-state index contributed by atoms with van der Waals surface area (Å²) in [5, 5.41) is 24.0. The lowest BCUT2D eigenvalue weighted by molar-refractivity contribution is -0.323. The molecule has 2 N–H and O–H groups in total. The highest BCUT2D eigenvalue weighted by molar-refractivity contribution is 7.99.